The second-order valence-electron chi connectivity index (χ2n) is 12.0. The number of aromatic nitrogens is 5. The zero-order valence-corrected chi connectivity index (χ0v) is 27.6. The van der Waals surface area contributed by atoms with E-state index in [2.05, 4.69) is 25.5 Å². The normalized spacial score (nSPS) is 14.0. The number of hydrogen-bond donors (Lipinski definition) is 2. The molecule has 1 aliphatic heterocycles. The number of pyridine rings is 1. The monoisotopic (exact) mass is 685 g/mol. The molecule has 0 aliphatic carbocycles. The second kappa shape index (κ2) is 12.7. The lowest BCUT2D eigenvalue weighted by atomic mass is 10.0. The van der Waals surface area contributed by atoms with Gasteiger partial charge in [-0.1, -0.05) is 29.8 Å². The van der Waals surface area contributed by atoms with Crippen LogP contribution in [0, 0.1) is 19.7 Å². The van der Waals surface area contributed by atoms with Gasteiger partial charge in [0.2, 0.25) is 5.88 Å². The number of nitrogens with one attached hydrogen (secondary N) is 2. The number of benzene rings is 3. The first-order chi connectivity index (χ1) is 23.5. The van der Waals surface area contributed by atoms with Crippen molar-refractivity contribution in [2.24, 2.45) is 7.05 Å². The highest BCUT2D eigenvalue weighted by Crippen LogP contribution is 2.37. The maximum absolute atomic E-state index is 16.0. The lowest BCUT2D eigenvalue weighted by Gasteiger charge is -2.32. The Morgan fingerprint density at radius 2 is 1.92 bits per heavy atom. The fourth-order valence-electron chi connectivity index (χ4n) is 6.06. The molecule has 0 unspecified atom stereocenters. The number of carbonyl (C=O) groups excluding carboxylic acids is 1. The number of aryl methyl sites for hydroxylation is 3. The van der Waals surface area contributed by atoms with E-state index in [-0.39, 0.29) is 25.6 Å². The minimum atomic E-state index is -3.38. The Morgan fingerprint density at radius 1 is 1.08 bits per heavy atom. The first kappa shape index (κ1) is 32.4. The van der Waals surface area contributed by atoms with Crippen LogP contribution in [0.15, 0.2) is 72.8 Å². The summed E-state index contributed by atoms with van der Waals surface area (Å²) < 4.78 is 53.3. The van der Waals surface area contributed by atoms with Crippen LogP contribution in [-0.4, -0.2) is 48.6 Å². The molecule has 250 valence electrons. The molecule has 0 saturated carbocycles. The number of fused-ring (bicyclic) bond motifs is 2. The molecule has 49 heavy (non-hydrogen) atoms. The summed E-state index contributed by atoms with van der Waals surface area (Å²) in [5.41, 5.74) is 6.01. The summed E-state index contributed by atoms with van der Waals surface area (Å²) in [5, 5.41) is 11.2. The second-order valence-corrected chi connectivity index (χ2v) is 12.5. The van der Waals surface area contributed by atoms with Crippen LogP contribution in [0.5, 0.6) is 5.88 Å². The van der Waals surface area contributed by atoms with Crippen molar-refractivity contribution < 1.29 is 22.7 Å². The maximum Gasteiger partial charge on any atom is 0.364 e. The highest BCUT2D eigenvalue weighted by atomic mass is 35.5. The van der Waals surface area contributed by atoms with Gasteiger partial charge < -0.3 is 14.6 Å². The van der Waals surface area contributed by atoms with E-state index in [1.54, 1.807) is 73.8 Å². The van der Waals surface area contributed by atoms with Gasteiger partial charge in [0, 0.05) is 59.1 Å². The average molecular weight is 686 g/mol. The van der Waals surface area contributed by atoms with E-state index >= 15 is 8.78 Å². The zero-order valence-electron chi connectivity index (χ0n) is 26.8. The number of aromatic amines is 1. The summed E-state index contributed by atoms with van der Waals surface area (Å²) in [5.74, 6) is -0.913. The first-order valence-corrected chi connectivity index (χ1v) is 16.0. The van der Waals surface area contributed by atoms with Crippen LogP contribution in [0.4, 0.5) is 18.9 Å². The third kappa shape index (κ3) is 6.25. The number of ether oxygens (including phenoxy) is 1. The van der Waals surface area contributed by atoms with Crippen molar-refractivity contribution in [2.45, 2.75) is 32.9 Å². The standard InChI is InChI=1S/C36H31ClF3N7O2/c1-20-15-24(16-27-21(2)44-45-33(20)27)34(48)41-26-9-10-31-30(18-26)43-35(46(31)3)36(39,40)47-13-11-22(12-14-47)29-5-4-6-32(42-29)49-19-23-7-8-25(37)17-28(23)38/h4-11,15-18H,12-14,19H2,1-3H3,(H,41,48)(H,44,45). The van der Waals surface area contributed by atoms with E-state index in [1.807, 2.05) is 13.8 Å². The first-order valence-electron chi connectivity index (χ1n) is 15.6. The fraction of sp³-hybridized carbons (Fsp3) is 0.222. The Balaban J connectivity index is 1.05. The Labute approximate surface area is 284 Å². The van der Waals surface area contributed by atoms with Gasteiger partial charge in [-0.15, -0.1) is 0 Å². The van der Waals surface area contributed by atoms with Crippen LogP contribution in [0.1, 0.15) is 45.1 Å². The van der Waals surface area contributed by atoms with Gasteiger partial charge in [-0.05, 0) is 79.9 Å². The Hall–Kier alpha value is -5.20. The number of alkyl halides is 2. The molecule has 13 heteroatoms. The van der Waals surface area contributed by atoms with Crippen LogP contribution in [0.2, 0.25) is 5.02 Å². The predicted molar refractivity (Wildman–Crippen MR) is 182 cm³/mol. The Morgan fingerprint density at radius 3 is 2.69 bits per heavy atom. The molecule has 4 heterocycles. The smallest absolute Gasteiger partial charge is 0.364 e. The molecule has 0 radical (unpaired) electrons. The molecule has 3 aromatic carbocycles. The van der Waals surface area contributed by atoms with Gasteiger partial charge in [0.15, 0.2) is 5.82 Å². The molecule has 1 amide bonds. The third-order valence-electron chi connectivity index (χ3n) is 8.76. The highest BCUT2D eigenvalue weighted by molar-refractivity contribution is 6.30. The lowest BCUT2D eigenvalue weighted by molar-refractivity contribution is -0.158. The molecular formula is C36H31ClF3N7O2. The molecule has 6 aromatic rings. The van der Waals surface area contributed by atoms with Crippen molar-refractivity contribution in [1.29, 1.82) is 0 Å². The minimum Gasteiger partial charge on any atom is -0.473 e. The maximum atomic E-state index is 16.0. The number of hydrogen-bond acceptors (Lipinski definition) is 6. The molecule has 0 atom stereocenters. The van der Waals surface area contributed by atoms with Crippen molar-refractivity contribution >= 4 is 50.7 Å². The van der Waals surface area contributed by atoms with Gasteiger partial charge in [0.25, 0.3) is 5.91 Å². The highest BCUT2D eigenvalue weighted by Gasteiger charge is 2.44. The van der Waals surface area contributed by atoms with Crippen LogP contribution >= 0.6 is 11.6 Å². The number of halogens is 4. The number of amides is 1. The predicted octanol–water partition coefficient (Wildman–Crippen LogP) is 7.92. The summed E-state index contributed by atoms with van der Waals surface area (Å²) in [4.78, 5) is 23.1. The number of nitrogens with zero attached hydrogens (tertiary/aromatic N) is 5. The van der Waals surface area contributed by atoms with Gasteiger partial charge in [-0.2, -0.15) is 13.9 Å². The van der Waals surface area contributed by atoms with E-state index in [4.69, 9.17) is 16.3 Å². The average Bonchev–Trinajstić information content (AvgIpc) is 3.64. The van der Waals surface area contributed by atoms with E-state index in [0.717, 1.165) is 32.6 Å². The van der Waals surface area contributed by atoms with Gasteiger partial charge in [-0.3, -0.25) is 9.89 Å². The number of imidazole rings is 1. The van der Waals surface area contributed by atoms with Crippen molar-refractivity contribution in [3.05, 3.63) is 118 Å². The Bertz CT molecular complexity index is 2280. The fourth-order valence-corrected chi connectivity index (χ4v) is 6.22. The van der Waals surface area contributed by atoms with Crippen LogP contribution in [0.3, 0.4) is 0 Å². The van der Waals surface area contributed by atoms with E-state index in [1.165, 1.54) is 10.6 Å². The molecule has 3 aromatic heterocycles. The van der Waals surface area contributed by atoms with Crippen molar-refractivity contribution in [2.75, 3.05) is 18.4 Å². The lowest BCUT2D eigenvalue weighted by Crippen LogP contribution is -2.43. The third-order valence-corrected chi connectivity index (χ3v) is 8.99. The van der Waals surface area contributed by atoms with Gasteiger partial charge in [-0.25, -0.2) is 19.3 Å². The van der Waals surface area contributed by atoms with E-state index in [9.17, 15) is 9.18 Å². The zero-order chi connectivity index (χ0) is 34.4. The van der Waals surface area contributed by atoms with Gasteiger partial charge in [0.1, 0.15) is 12.4 Å². The van der Waals surface area contributed by atoms with E-state index < -0.39 is 17.7 Å². The summed E-state index contributed by atoms with van der Waals surface area (Å²) in [7, 11) is 1.55. The largest absolute Gasteiger partial charge is 0.473 e. The summed E-state index contributed by atoms with van der Waals surface area (Å²) >= 11 is 5.83. The van der Waals surface area contributed by atoms with E-state index in [0.29, 0.717) is 50.9 Å². The molecule has 7 rings (SSSR count). The molecule has 0 bridgehead atoms. The summed E-state index contributed by atoms with van der Waals surface area (Å²) in [6.45, 7) is 3.77. The van der Waals surface area contributed by atoms with Crippen LogP contribution in [0.25, 0.3) is 27.5 Å². The minimum absolute atomic E-state index is 0.0322. The molecule has 9 nitrogen and oxygen atoms in total. The number of rotatable bonds is 8. The number of H-pyrrole nitrogens is 1. The van der Waals surface area contributed by atoms with Crippen molar-refractivity contribution in [3.63, 3.8) is 0 Å². The molecule has 0 spiro atoms. The Kier molecular flexibility index (Phi) is 8.37. The quantitative estimate of drug-likeness (QED) is 0.158. The molecule has 2 N–H and O–H groups in total. The van der Waals surface area contributed by atoms with Crippen LogP contribution < -0.4 is 10.1 Å². The van der Waals surface area contributed by atoms with Gasteiger partial charge >= 0.3 is 6.05 Å². The molecule has 1 aliphatic rings. The van der Waals surface area contributed by atoms with Gasteiger partial charge in [0.05, 0.1) is 22.2 Å². The molecular weight excluding hydrogens is 655 g/mol. The van der Waals surface area contributed by atoms with Crippen molar-refractivity contribution in [1.82, 2.24) is 29.6 Å². The number of anilines is 1. The number of carbonyl (C=O) groups is 1. The molecule has 0 fully saturated rings. The SMILES string of the molecule is Cc1[nH]nc2c(C)cc(C(=O)Nc3ccc4c(c3)nc(C(F)(F)N3CC=C(c5cccc(OCc6ccc(Cl)cc6F)n5)CC3)n4C)cc12. The van der Waals surface area contributed by atoms with Crippen LogP contribution in [-0.2, 0) is 19.7 Å². The summed E-state index contributed by atoms with van der Waals surface area (Å²) in [6, 6.07) is 14.6. The topological polar surface area (TPSA) is 101 Å². The molecule has 0 saturated heterocycles. The van der Waals surface area contributed by atoms with Crippen molar-refractivity contribution in [3.8, 4) is 5.88 Å². The summed E-state index contributed by atoms with van der Waals surface area (Å²) in [6.07, 6.45) is 2.05.